The van der Waals surface area contributed by atoms with Crippen LogP contribution in [0.2, 0.25) is 0 Å². The van der Waals surface area contributed by atoms with Gasteiger partial charge in [0.15, 0.2) is 0 Å². The monoisotopic (exact) mass is 287 g/mol. The van der Waals surface area contributed by atoms with Crippen LogP contribution < -0.4 is 11.1 Å². The molecule has 5 heteroatoms. The van der Waals surface area contributed by atoms with Crippen LogP contribution in [0.5, 0.6) is 0 Å². The normalized spacial score (nSPS) is 10.3. The fourth-order valence-corrected chi connectivity index (χ4v) is 2.58. The number of carbonyl (C=O) groups is 1. The number of benzene rings is 1. The summed E-state index contributed by atoms with van der Waals surface area (Å²) in [5.74, 6) is -0.0692. The van der Waals surface area contributed by atoms with E-state index in [1.54, 1.807) is 18.0 Å². The molecule has 1 amide bonds. The number of hydrogen-bond acceptors (Lipinski definition) is 4. The number of nitrogens with zero attached hydrogens (tertiary/aromatic N) is 1. The molecule has 1 heterocycles. The zero-order chi connectivity index (χ0) is 14.5. The lowest BCUT2D eigenvalue weighted by molar-refractivity contribution is -0.114. The number of anilines is 1. The summed E-state index contributed by atoms with van der Waals surface area (Å²) in [5.41, 5.74) is 8.54. The van der Waals surface area contributed by atoms with Crippen molar-refractivity contribution in [1.82, 2.24) is 4.98 Å². The number of hydrogen-bond donors (Lipinski definition) is 2. The highest BCUT2D eigenvalue weighted by molar-refractivity contribution is 7.99. The maximum absolute atomic E-state index is 11.0. The Labute approximate surface area is 122 Å². The van der Waals surface area contributed by atoms with Crippen LogP contribution in [0.1, 0.15) is 18.1 Å². The number of rotatable bonds is 4. The van der Waals surface area contributed by atoms with E-state index in [4.69, 9.17) is 5.73 Å². The summed E-state index contributed by atoms with van der Waals surface area (Å²) in [6.45, 7) is 4.03. The van der Waals surface area contributed by atoms with Gasteiger partial charge in [-0.05, 0) is 42.3 Å². The van der Waals surface area contributed by atoms with E-state index >= 15 is 0 Å². The van der Waals surface area contributed by atoms with Crippen LogP contribution >= 0.6 is 11.8 Å². The lowest BCUT2D eigenvalue weighted by Gasteiger charge is -2.07. The van der Waals surface area contributed by atoms with Gasteiger partial charge in [0.25, 0.3) is 0 Å². The fraction of sp³-hybridized carbons (Fsp3) is 0.200. The molecule has 0 spiro atoms. The zero-order valence-electron chi connectivity index (χ0n) is 11.5. The second kappa shape index (κ2) is 6.54. The first kappa shape index (κ1) is 14.6. The van der Waals surface area contributed by atoms with Crippen molar-refractivity contribution in [2.24, 2.45) is 5.73 Å². The minimum Gasteiger partial charge on any atom is -0.326 e. The second-order valence-electron chi connectivity index (χ2n) is 4.48. The third kappa shape index (κ3) is 3.82. The summed E-state index contributed by atoms with van der Waals surface area (Å²) in [6.07, 6.45) is 1.81. The molecule has 2 aromatic rings. The molecule has 2 rings (SSSR count). The van der Waals surface area contributed by atoms with Crippen molar-refractivity contribution >= 4 is 23.4 Å². The van der Waals surface area contributed by atoms with E-state index in [1.807, 2.05) is 31.2 Å². The maximum atomic E-state index is 11.0. The van der Waals surface area contributed by atoms with Crippen LogP contribution in [0.25, 0.3) is 0 Å². The molecule has 0 aliphatic heterocycles. The highest BCUT2D eigenvalue weighted by atomic mass is 32.2. The third-order valence-corrected chi connectivity index (χ3v) is 3.84. The predicted octanol–water partition coefficient (Wildman–Crippen LogP) is 2.96. The van der Waals surface area contributed by atoms with Gasteiger partial charge >= 0.3 is 0 Å². The van der Waals surface area contributed by atoms with Gasteiger partial charge in [0, 0.05) is 30.2 Å². The van der Waals surface area contributed by atoms with Gasteiger partial charge in [-0.25, -0.2) is 4.98 Å². The van der Waals surface area contributed by atoms with E-state index in [1.165, 1.54) is 6.92 Å². The van der Waals surface area contributed by atoms with Gasteiger partial charge in [-0.1, -0.05) is 17.8 Å². The minimum atomic E-state index is -0.0692. The molecule has 4 nitrogen and oxygen atoms in total. The van der Waals surface area contributed by atoms with Gasteiger partial charge in [0.05, 0.1) is 0 Å². The van der Waals surface area contributed by atoms with Gasteiger partial charge in [0.1, 0.15) is 5.03 Å². The molecule has 1 aromatic heterocycles. The number of aromatic nitrogens is 1. The van der Waals surface area contributed by atoms with Crippen molar-refractivity contribution in [3.63, 3.8) is 0 Å². The van der Waals surface area contributed by atoms with Crippen LogP contribution in [0.15, 0.2) is 46.5 Å². The standard InChI is InChI=1S/C15H17N3OS/c1-10-7-12(8-16)9-17-15(10)20-14-5-3-13(4-6-14)18-11(2)19/h3-7,9H,8,16H2,1-2H3,(H,18,19). The van der Waals surface area contributed by atoms with Crippen LogP contribution in [0.4, 0.5) is 5.69 Å². The Hall–Kier alpha value is -1.85. The van der Waals surface area contributed by atoms with Crippen molar-refractivity contribution in [1.29, 1.82) is 0 Å². The van der Waals surface area contributed by atoms with E-state index in [0.717, 1.165) is 26.7 Å². The molecule has 20 heavy (non-hydrogen) atoms. The topological polar surface area (TPSA) is 68.0 Å². The molecule has 0 atom stereocenters. The SMILES string of the molecule is CC(=O)Nc1ccc(Sc2ncc(CN)cc2C)cc1. The summed E-state index contributed by atoms with van der Waals surface area (Å²) in [6, 6.07) is 9.75. The molecule has 0 bridgehead atoms. The van der Waals surface area contributed by atoms with Crippen molar-refractivity contribution in [3.8, 4) is 0 Å². The van der Waals surface area contributed by atoms with E-state index in [2.05, 4.69) is 16.4 Å². The largest absolute Gasteiger partial charge is 0.326 e. The number of nitrogens with one attached hydrogen (secondary N) is 1. The lowest BCUT2D eigenvalue weighted by atomic mass is 10.2. The summed E-state index contributed by atoms with van der Waals surface area (Å²) in [7, 11) is 0. The number of amides is 1. The molecule has 0 aliphatic carbocycles. The number of nitrogens with two attached hydrogens (primary N) is 1. The Morgan fingerprint density at radius 1 is 1.35 bits per heavy atom. The Bertz CT molecular complexity index is 611. The third-order valence-electron chi connectivity index (χ3n) is 2.71. The number of aryl methyl sites for hydroxylation is 1. The molecule has 0 unspecified atom stereocenters. The average molecular weight is 287 g/mol. The average Bonchev–Trinajstić information content (AvgIpc) is 2.42. The minimum absolute atomic E-state index is 0.0692. The first-order chi connectivity index (χ1) is 9.58. The van der Waals surface area contributed by atoms with Gasteiger partial charge in [0.2, 0.25) is 5.91 Å². The second-order valence-corrected chi connectivity index (χ2v) is 5.54. The smallest absolute Gasteiger partial charge is 0.221 e. The Morgan fingerprint density at radius 3 is 2.60 bits per heavy atom. The van der Waals surface area contributed by atoms with Crippen molar-refractivity contribution in [3.05, 3.63) is 47.7 Å². The van der Waals surface area contributed by atoms with Crippen LogP contribution in [0, 0.1) is 6.92 Å². The van der Waals surface area contributed by atoms with Crippen molar-refractivity contribution in [2.75, 3.05) is 5.32 Å². The quantitative estimate of drug-likeness (QED) is 0.907. The van der Waals surface area contributed by atoms with E-state index in [-0.39, 0.29) is 5.91 Å². The maximum Gasteiger partial charge on any atom is 0.221 e. The summed E-state index contributed by atoms with van der Waals surface area (Å²) in [4.78, 5) is 16.5. The van der Waals surface area contributed by atoms with Gasteiger partial charge in [-0.2, -0.15) is 0 Å². The highest BCUT2D eigenvalue weighted by Crippen LogP contribution is 2.29. The molecule has 0 aliphatic rings. The Kier molecular flexibility index (Phi) is 4.76. The lowest BCUT2D eigenvalue weighted by Crippen LogP contribution is -2.05. The molecular weight excluding hydrogens is 270 g/mol. The molecule has 104 valence electrons. The van der Waals surface area contributed by atoms with Crippen LogP contribution in [-0.2, 0) is 11.3 Å². The van der Waals surface area contributed by atoms with Gasteiger partial charge in [-0.3, -0.25) is 4.79 Å². The fourth-order valence-electron chi connectivity index (χ4n) is 1.76. The summed E-state index contributed by atoms with van der Waals surface area (Å²) >= 11 is 1.60. The molecule has 0 saturated heterocycles. The molecule has 0 radical (unpaired) electrons. The Balaban J connectivity index is 2.12. The number of carbonyl (C=O) groups excluding carboxylic acids is 1. The molecule has 0 fully saturated rings. The molecule has 1 aromatic carbocycles. The number of pyridine rings is 1. The van der Waals surface area contributed by atoms with E-state index in [0.29, 0.717) is 6.54 Å². The summed E-state index contributed by atoms with van der Waals surface area (Å²) < 4.78 is 0. The molecule has 0 saturated carbocycles. The molecule has 3 N–H and O–H groups in total. The van der Waals surface area contributed by atoms with Crippen molar-refractivity contribution < 1.29 is 4.79 Å². The van der Waals surface area contributed by atoms with Crippen LogP contribution in [0.3, 0.4) is 0 Å². The van der Waals surface area contributed by atoms with Crippen LogP contribution in [-0.4, -0.2) is 10.9 Å². The van der Waals surface area contributed by atoms with Crippen molar-refractivity contribution in [2.45, 2.75) is 30.3 Å². The predicted molar refractivity (Wildman–Crippen MR) is 81.7 cm³/mol. The molecular formula is C15H17N3OS. The van der Waals surface area contributed by atoms with Gasteiger partial charge < -0.3 is 11.1 Å². The van der Waals surface area contributed by atoms with E-state index < -0.39 is 0 Å². The summed E-state index contributed by atoms with van der Waals surface area (Å²) in [5, 5.41) is 3.71. The van der Waals surface area contributed by atoms with Gasteiger partial charge in [-0.15, -0.1) is 0 Å². The first-order valence-electron chi connectivity index (χ1n) is 6.29. The van der Waals surface area contributed by atoms with E-state index in [9.17, 15) is 4.79 Å². The Morgan fingerprint density at radius 2 is 2.05 bits per heavy atom. The zero-order valence-corrected chi connectivity index (χ0v) is 12.3. The highest BCUT2D eigenvalue weighted by Gasteiger charge is 2.04. The first-order valence-corrected chi connectivity index (χ1v) is 7.11.